The third kappa shape index (κ3) is 4.76. The van der Waals surface area contributed by atoms with Gasteiger partial charge in [-0.1, -0.05) is 36.4 Å². The van der Waals surface area contributed by atoms with Gasteiger partial charge >= 0.3 is 0 Å². The number of rotatable bonds is 7. The van der Waals surface area contributed by atoms with E-state index in [1.807, 2.05) is 24.3 Å². The number of nitrogens with zero attached hydrogens (tertiary/aromatic N) is 3. The van der Waals surface area contributed by atoms with Gasteiger partial charge in [0.1, 0.15) is 16.8 Å². The molecule has 1 amide bonds. The fourth-order valence-corrected chi connectivity index (χ4v) is 5.42. The van der Waals surface area contributed by atoms with E-state index in [0.717, 1.165) is 22.5 Å². The number of halogens is 1. The van der Waals surface area contributed by atoms with Crippen LogP contribution in [0.2, 0.25) is 0 Å². The average Bonchev–Trinajstić information content (AvgIpc) is 2.89. The van der Waals surface area contributed by atoms with E-state index in [2.05, 4.69) is 9.97 Å². The number of aromatic hydroxyl groups is 1. The molecule has 0 bridgehead atoms. The number of phenols is 1. The molecule has 176 valence electrons. The maximum Gasteiger partial charge on any atom is 0.243 e. The second kappa shape index (κ2) is 9.85. The fraction of sp³-hybridized carbons (Fsp3) is 0.148. The number of aliphatic hydroxyl groups is 1. The van der Waals surface area contributed by atoms with Gasteiger partial charge in [-0.2, -0.15) is 0 Å². The quantitative estimate of drug-likeness (QED) is 0.360. The summed E-state index contributed by atoms with van der Waals surface area (Å²) in [7, 11) is 0. The molecule has 5 rings (SSSR count). The van der Waals surface area contributed by atoms with Crippen molar-refractivity contribution in [2.75, 3.05) is 10.7 Å². The number of aliphatic hydroxyl groups excluding tert-OH is 1. The third-order valence-electron chi connectivity index (χ3n) is 5.97. The first kappa shape index (κ1) is 23.0. The van der Waals surface area contributed by atoms with E-state index in [0.29, 0.717) is 5.56 Å². The van der Waals surface area contributed by atoms with Crippen molar-refractivity contribution in [1.82, 2.24) is 9.97 Å². The predicted molar refractivity (Wildman–Crippen MR) is 133 cm³/mol. The summed E-state index contributed by atoms with van der Waals surface area (Å²) in [6.45, 7) is 0. The van der Waals surface area contributed by atoms with Crippen molar-refractivity contribution >= 4 is 23.4 Å². The van der Waals surface area contributed by atoms with Crippen molar-refractivity contribution in [3.8, 4) is 17.0 Å². The van der Waals surface area contributed by atoms with Crippen molar-refractivity contribution in [2.24, 2.45) is 0 Å². The molecule has 8 heteroatoms. The van der Waals surface area contributed by atoms with Crippen LogP contribution in [0.1, 0.15) is 23.3 Å². The Kier molecular flexibility index (Phi) is 6.48. The SMILES string of the molecule is O=C1[C@H](SC[C@H](O)c2ccc(F)cc2)[C@@H](c2ccc(O)cc2)N1c1ccc(-c2cnccn2)cc1. The van der Waals surface area contributed by atoms with Crippen LogP contribution in [0, 0.1) is 5.82 Å². The van der Waals surface area contributed by atoms with E-state index in [1.54, 1.807) is 59.9 Å². The molecule has 3 atom stereocenters. The average molecular weight is 488 g/mol. The first-order chi connectivity index (χ1) is 17.0. The lowest BCUT2D eigenvalue weighted by molar-refractivity contribution is -0.123. The monoisotopic (exact) mass is 487 g/mol. The molecular formula is C27H22FN3O3S. The van der Waals surface area contributed by atoms with Crippen LogP contribution in [0.15, 0.2) is 91.4 Å². The molecule has 0 radical (unpaired) electrons. The Morgan fingerprint density at radius 1 is 0.971 bits per heavy atom. The molecule has 1 aromatic heterocycles. The minimum absolute atomic E-state index is 0.0633. The Hall–Kier alpha value is -3.75. The molecule has 1 aliphatic rings. The number of carbonyl (C=O) groups excluding carboxylic acids is 1. The topological polar surface area (TPSA) is 86.5 Å². The van der Waals surface area contributed by atoms with Crippen LogP contribution in [0.25, 0.3) is 11.3 Å². The van der Waals surface area contributed by atoms with Crippen LogP contribution < -0.4 is 4.90 Å². The maximum absolute atomic E-state index is 13.3. The summed E-state index contributed by atoms with van der Waals surface area (Å²) in [6.07, 6.45) is 4.10. The number of β-lactam (4-membered cyclic amide) rings is 1. The number of aromatic nitrogens is 2. The molecule has 0 unspecified atom stereocenters. The summed E-state index contributed by atoms with van der Waals surface area (Å²) < 4.78 is 13.2. The van der Waals surface area contributed by atoms with Gasteiger partial charge in [-0.3, -0.25) is 14.8 Å². The molecule has 1 fully saturated rings. The van der Waals surface area contributed by atoms with Crippen LogP contribution in [-0.4, -0.2) is 37.1 Å². The molecule has 0 saturated carbocycles. The Morgan fingerprint density at radius 3 is 2.34 bits per heavy atom. The number of benzene rings is 3. The van der Waals surface area contributed by atoms with E-state index >= 15 is 0 Å². The minimum atomic E-state index is -0.825. The number of hydrogen-bond acceptors (Lipinski definition) is 6. The lowest BCUT2D eigenvalue weighted by atomic mass is 9.92. The molecule has 0 spiro atoms. The number of thioether (sulfide) groups is 1. The highest BCUT2D eigenvalue weighted by molar-refractivity contribution is 8.00. The molecule has 4 aromatic rings. The van der Waals surface area contributed by atoms with Gasteiger partial charge in [0.25, 0.3) is 0 Å². The van der Waals surface area contributed by atoms with Crippen LogP contribution in [-0.2, 0) is 4.79 Å². The van der Waals surface area contributed by atoms with E-state index in [-0.39, 0.29) is 29.3 Å². The zero-order valence-corrected chi connectivity index (χ0v) is 19.3. The van der Waals surface area contributed by atoms with Crippen molar-refractivity contribution < 1.29 is 19.4 Å². The van der Waals surface area contributed by atoms with Gasteiger partial charge in [0.15, 0.2) is 0 Å². The number of phenolic OH excluding ortho intramolecular Hbond substituents is 1. The van der Waals surface area contributed by atoms with E-state index in [1.165, 1.54) is 23.9 Å². The molecule has 3 aromatic carbocycles. The highest BCUT2D eigenvalue weighted by atomic mass is 32.2. The van der Waals surface area contributed by atoms with Crippen LogP contribution in [0.4, 0.5) is 10.1 Å². The minimum Gasteiger partial charge on any atom is -0.508 e. The largest absolute Gasteiger partial charge is 0.508 e. The van der Waals surface area contributed by atoms with E-state index in [4.69, 9.17) is 0 Å². The number of hydrogen-bond donors (Lipinski definition) is 2. The summed E-state index contributed by atoms with van der Waals surface area (Å²) in [6, 6.07) is 19.8. The molecule has 2 heterocycles. The van der Waals surface area contributed by atoms with Crippen molar-refractivity contribution in [2.45, 2.75) is 17.4 Å². The van der Waals surface area contributed by atoms with Crippen molar-refractivity contribution in [3.05, 3.63) is 108 Å². The van der Waals surface area contributed by atoms with E-state index < -0.39 is 11.4 Å². The van der Waals surface area contributed by atoms with Gasteiger partial charge in [-0.05, 0) is 47.5 Å². The Balaban J connectivity index is 1.37. The smallest absolute Gasteiger partial charge is 0.243 e. The lowest BCUT2D eigenvalue weighted by Crippen LogP contribution is -2.57. The second-order valence-corrected chi connectivity index (χ2v) is 9.38. The molecule has 1 aliphatic heterocycles. The standard InChI is InChI=1S/C27H22FN3O3S/c28-20-7-1-18(2-8-20)24(33)16-35-26-25(19-5-11-22(32)12-6-19)31(27(26)34)21-9-3-17(4-10-21)23-15-29-13-14-30-23/h1-15,24-26,32-33H,16H2/t24-,25+,26+/m0/s1. The zero-order chi connectivity index (χ0) is 24.4. The number of carbonyl (C=O) groups is 1. The Labute approximate surface area is 206 Å². The van der Waals surface area contributed by atoms with Crippen molar-refractivity contribution in [3.63, 3.8) is 0 Å². The van der Waals surface area contributed by atoms with Gasteiger partial charge in [0.05, 0.1) is 24.0 Å². The molecule has 6 nitrogen and oxygen atoms in total. The summed E-state index contributed by atoms with van der Waals surface area (Å²) in [5.41, 5.74) is 3.87. The number of anilines is 1. The van der Waals surface area contributed by atoms with Crippen LogP contribution in [0.3, 0.4) is 0 Å². The first-order valence-electron chi connectivity index (χ1n) is 11.0. The lowest BCUT2D eigenvalue weighted by Gasteiger charge is -2.47. The molecule has 35 heavy (non-hydrogen) atoms. The Morgan fingerprint density at radius 2 is 1.69 bits per heavy atom. The Bertz CT molecular complexity index is 1300. The second-order valence-electron chi connectivity index (χ2n) is 8.20. The fourth-order valence-electron chi connectivity index (χ4n) is 4.13. The highest BCUT2D eigenvalue weighted by Crippen LogP contribution is 2.46. The summed E-state index contributed by atoms with van der Waals surface area (Å²) in [5, 5.41) is 19.9. The van der Waals surface area contributed by atoms with E-state index in [9.17, 15) is 19.4 Å². The number of amides is 1. The van der Waals surface area contributed by atoms with Gasteiger partial charge in [-0.25, -0.2) is 4.39 Å². The summed E-state index contributed by atoms with van der Waals surface area (Å²) in [5.74, 6) is 0.00813. The first-order valence-corrected chi connectivity index (χ1v) is 12.1. The molecular weight excluding hydrogens is 465 g/mol. The van der Waals surface area contributed by atoms with Crippen LogP contribution >= 0.6 is 11.8 Å². The predicted octanol–water partition coefficient (Wildman–Crippen LogP) is 4.91. The molecule has 2 N–H and O–H groups in total. The zero-order valence-electron chi connectivity index (χ0n) is 18.5. The van der Waals surface area contributed by atoms with Crippen LogP contribution in [0.5, 0.6) is 5.75 Å². The molecule has 0 aliphatic carbocycles. The molecule has 1 saturated heterocycles. The highest BCUT2D eigenvalue weighted by Gasteiger charge is 2.49. The third-order valence-corrected chi connectivity index (χ3v) is 7.30. The summed E-state index contributed by atoms with van der Waals surface area (Å²) in [4.78, 5) is 23.4. The van der Waals surface area contributed by atoms with Gasteiger partial charge in [0.2, 0.25) is 5.91 Å². The van der Waals surface area contributed by atoms with Gasteiger partial charge < -0.3 is 15.1 Å². The normalized spacial score (nSPS) is 18.2. The summed E-state index contributed by atoms with van der Waals surface area (Å²) >= 11 is 1.37. The van der Waals surface area contributed by atoms with Crippen molar-refractivity contribution in [1.29, 1.82) is 0 Å². The van der Waals surface area contributed by atoms with Gasteiger partial charge in [0, 0.05) is 29.4 Å². The van der Waals surface area contributed by atoms with Gasteiger partial charge in [-0.15, -0.1) is 11.8 Å². The maximum atomic E-state index is 13.3.